The third-order valence-corrected chi connectivity index (χ3v) is 1.91. The highest BCUT2D eigenvalue weighted by atomic mass is 16.5. The zero-order valence-corrected chi connectivity index (χ0v) is 7.99. The molecule has 0 aliphatic heterocycles. The first kappa shape index (κ1) is 10.0. The third kappa shape index (κ3) is 2.72. The molecule has 2 N–H and O–H groups in total. The van der Waals surface area contributed by atoms with Crippen molar-refractivity contribution in [3.63, 3.8) is 0 Å². The first-order valence-electron chi connectivity index (χ1n) is 4.15. The minimum atomic E-state index is -0.00870. The van der Waals surface area contributed by atoms with Crippen LogP contribution in [0.15, 0.2) is 24.3 Å². The molecule has 3 nitrogen and oxygen atoms in total. The maximum absolute atomic E-state index is 5.57. The molecule has 0 spiro atoms. The number of methoxy groups -OCH3 is 2. The molecule has 0 aliphatic rings. The predicted octanol–water partition coefficient (Wildman–Crippen LogP) is 1.60. The van der Waals surface area contributed by atoms with Crippen LogP contribution < -0.4 is 5.73 Å². The van der Waals surface area contributed by atoms with Crippen LogP contribution in [0.1, 0.15) is 11.7 Å². The van der Waals surface area contributed by atoms with Crippen LogP contribution in [-0.2, 0) is 9.47 Å². The molecule has 0 bridgehead atoms. The van der Waals surface area contributed by atoms with Crippen LogP contribution in [-0.4, -0.2) is 20.8 Å². The molecule has 1 atom stereocenters. The third-order valence-electron chi connectivity index (χ3n) is 1.91. The summed E-state index contributed by atoms with van der Waals surface area (Å²) in [4.78, 5) is 0. The van der Waals surface area contributed by atoms with Crippen LogP contribution in [0.3, 0.4) is 0 Å². The molecular weight excluding hydrogens is 166 g/mol. The lowest BCUT2D eigenvalue weighted by Gasteiger charge is -2.14. The summed E-state index contributed by atoms with van der Waals surface area (Å²) in [6.07, 6.45) is -0.00870. The van der Waals surface area contributed by atoms with Crippen molar-refractivity contribution in [3.05, 3.63) is 29.8 Å². The van der Waals surface area contributed by atoms with Gasteiger partial charge in [0, 0.05) is 19.9 Å². The number of rotatable bonds is 4. The van der Waals surface area contributed by atoms with E-state index >= 15 is 0 Å². The van der Waals surface area contributed by atoms with Crippen LogP contribution in [0, 0.1) is 0 Å². The summed E-state index contributed by atoms with van der Waals surface area (Å²) in [7, 11) is 3.32. The van der Waals surface area contributed by atoms with Gasteiger partial charge in [-0.3, -0.25) is 0 Å². The van der Waals surface area contributed by atoms with E-state index in [1.807, 2.05) is 24.3 Å². The number of anilines is 1. The molecule has 1 aromatic carbocycles. The Bertz CT molecular complexity index is 246. The monoisotopic (exact) mass is 181 g/mol. The van der Waals surface area contributed by atoms with Gasteiger partial charge in [-0.25, -0.2) is 0 Å². The lowest BCUT2D eigenvalue weighted by molar-refractivity contribution is 0.0275. The Morgan fingerprint density at radius 2 is 1.85 bits per heavy atom. The molecule has 0 saturated carbocycles. The minimum Gasteiger partial charge on any atom is -0.399 e. The zero-order valence-electron chi connectivity index (χ0n) is 7.99. The van der Waals surface area contributed by atoms with Gasteiger partial charge in [-0.05, 0) is 17.7 Å². The van der Waals surface area contributed by atoms with E-state index in [1.165, 1.54) is 0 Å². The summed E-state index contributed by atoms with van der Waals surface area (Å²) in [6.45, 7) is 0.556. The van der Waals surface area contributed by atoms with Crippen LogP contribution in [0.2, 0.25) is 0 Å². The number of ether oxygens (including phenoxy) is 2. The van der Waals surface area contributed by atoms with Gasteiger partial charge in [-0.2, -0.15) is 0 Å². The van der Waals surface area contributed by atoms with E-state index in [2.05, 4.69) is 0 Å². The number of hydrogen-bond donors (Lipinski definition) is 1. The Labute approximate surface area is 78.5 Å². The first-order chi connectivity index (χ1) is 6.27. The summed E-state index contributed by atoms with van der Waals surface area (Å²) >= 11 is 0. The van der Waals surface area contributed by atoms with Crippen molar-refractivity contribution in [1.82, 2.24) is 0 Å². The molecule has 1 aromatic rings. The second kappa shape index (κ2) is 4.84. The molecule has 0 saturated heterocycles. The fourth-order valence-electron chi connectivity index (χ4n) is 1.16. The van der Waals surface area contributed by atoms with Crippen molar-refractivity contribution in [3.8, 4) is 0 Å². The van der Waals surface area contributed by atoms with E-state index < -0.39 is 0 Å². The van der Waals surface area contributed by atoms with Gasteiger partial charge in [0.2, 0.25) is 0 Å². The van der Waals surface area contributed by atoms with Crippen molar-refractivity contribution >= 4 is 5.69 Å². The Balaban J connectivity index is 2.73. The molecule has 0 heterocycles. The van der Waals surface area contributed by atoms with Crippen molar-refractivity contribution < 1.29 is 9.47 Å². The molecule has 0 aromatic heterocycles. The molecule has 0 radical (unpaired) electrons. The highest BCUT2D eigenvalue weighted by Gasteiger charge is 2.08. The molecule has 0 unspecified atom stereocenters. The number of nitrogens with two attached hydrogens (primary N) is 1. The summed E-state index contributed by atoms with van der Waals surface area (Å²) < 4.78 is 10.3. The first-order valence-corrected chi connectivity index (χ1v) is 4.15. The molecule has 72 valence electrons. The molecule has 3 heteroatoms. The maximum Gasteiger partial charge on any atom is 0.105 e. The van der Waals surface area contributed by atoms with E-state index in [4.69, 9.17) is 15.2 Å². The fourth-order valence-corrected chi connectivity index (χ4v) is 1.16. The van der Waals surface area contributed by atoms with Gasteiger partial charge < -0.3 is 15.2 Å². The quantitative estimate of drug-likeness (QED) is 0.717. The molecule has 0 fully saturated rings. The standard InChI is InChI=1S/C10H15NO2/c1-12-7-10(13-2)8-3-5-9(11)6-4-8/h3-6,10H,7,11H2,1-2H3/t10-/m0/s1. The summed E-state index contributed by atoms with van der Waals surface area (Å²) in [6, 6.07) is 7.61. The molecule has 0 aliphatic carbocycles. The predicted molar refractivity (Wildman–Crippen MR) is 52.5 cm³/mol. The lowest BCUT2D eigenvalue weighted by Crippen LogP contribution is -2.08. The zero-order chi connectivity index (χ0) is 9.68. The van der Waals surface area contributed by atoms with E-state index in [9.17, 15) is 0 Å². The van der Waals surface area contributed by atoms with Gasteiger partial charge in [-0.15, -0.1) is 0 Å². The SMILES string of the molecule is COC[C@H](OC)c1ccc(N)cc1. The lowest BCUT2D eigenvalue weighted by atomic mass is 10.1. The number of nitrogen functional groups attached to an aromatic ring is 1. The largest absolute Gasteiger partial charge is 0.399 e. The summed E-state index contributed by atoms with van der Waals surface area (Å²) in [5, 5.41) is 0. The van der Waals surface area contributed by atoms with Gasteiger partial charge in [0.25, 0.3) is 0 Å². The topological polar surface area (TPSA) is 44.5 Å². The van der Waals surface area contributed by atoms with Gasteiger partial charge in [-0.1, -0.05) is 12.1 Å². The van der Waals surface area contributed by atoms with Gasteiger partial charge >= 0.3 is 0 Å². The Kier molecular flexibility index (Phi) is 3.73. The second-order valence-corrected chi connectivity index (χ2v) is 2.85. The highest BCUT2D eigenvalue weighted by Crippen LogP contribution is 2.17. The Morgan fingerprint density at radius 1 is 1.23 bits per heavy atom. The minimum absolute atomic E-state index is 0.00870. The summed E-state index contributed by atoms with van der Waals surface area (Å²) in [5.41, 5.74) is 7.41. The summed E-state index contributed by atoms with van der Waals surface area (Å²) in [5.74, 6) is 0. The molecule has 1 rings (SSSR count). The normalized spacial score (nSPS) is 12.8. The average Bonchev–Trinajstić information content (AvgIpc) is 2.16. The van der Waals surface area contributed by atoms with Crippen molar-refractivity contribution in [2.45, 2.75) is 6.10 Å². The van der Waals surface area contributed by atoms with E-state index in [0.29, 0.717) is 6.61 Å². The molecule has 13 heavy (non-hydrogen) atoms. The van der Waals surface area contributed by atoms with Gasteiger partial charge in [0.1, 0.15) is 6.10 Å². The average molecular weight is 181 g/mol. The van der Waals surface area contributed by atoms with Crippen LogP contribution >= 0.6 is 0 Å². The van der Waals surface area contributed by atoms with Crippen LogP contribution in [0.5, 0.6) is 0 Å². The fraction of sp³-hybridized carbons (Fsp3) is 0.400. The molecular formula is C10H15NO2. The van der Waals surface area contributed by atoms with Crippen molar-refractivity contribution in [2.24, 2.45) is 0 Å². The van der Waals surface area contributed by atoms with Crippen molar-refractivity contribution in [2.75, 3.05) is 26.6 Å². The van der Waals surface area contributed by atoms with E-state index in [1.54, 1.807) is 14.2 Å². The van der Waals surface area contributed by atoms with E-state index in [-0.39, 0.29) is 6.10 Å². The van der Waals surface area contributed by atoms with Gasteiger partial charge in [0.15, 0.2) is 0 Å². The highest BCUT2D eigenvalue weighted by molar-refractivity contribution is 5.39. The van der Waals surface area contributed by atoms with E-state index in [0.717, 1.165) is 11.3 Å². The number of benzene rings is 1. The smallest absolute Gasteiger partial charge is 0.105 e. The Morgan fingerprint density at radius 3 is 2.31 bits per heavy atom. The number of hydrogen-bond acceptors (Lipinski definition) is 3. The second-order valence-electron chi connectivity index (χ2n) is 2.85. The Hall–Kier alpha value is -1.06. The van der Waals surface area contributed by atoms with Crippen LogP contribution in [0.4, 0.5) is 5.69 Å². The van der Waals surface area contributed by atoms with Crippen molar-refractivity contribution in [1.29, 1.82) is 0 Å². The molecule has 0 amide bonds. The maximum atomic E-state index is 5.57. The van der Waals surface area contributed by atoms with Gasteiger partial charge in [0.05, 0.1) is 6.61 Å². The van der Waals surface area contributed by atoms with Crippen LogP contribution in [0.25, 0.3) is 0 Å².